The predicted molar refractivity (Wildman–Crippen MR) is 79.6 cm³/mol. The van der Waals surface area contributed by atoms with Gasteiger partial charge >= 0.3 is 5.97 Å². The average molecular weight is 288 g/mol. The fourth-order valence-corrected chi connectivity index (χ4v) is 3.28. The second-order valence-corrected chi connectivity index (χ2v) is 5.83. The summed E-state index contributed by atoms with van der Waals surface area (Å²) < 4.78 is 2.10. The van der Waals surface area contributed by atoms with Gasteiger partial charge in [-0.1, -0.05) is 13.0 Å². The van der Waals surface area contributed by atoms with Crippen LogP contribution in [0.1, 0.15) is 48.8 Å². The summed E-state index contributed by atoms with van der Waals surface area (Å²) in [6.45, 7) is 2.15. The molecule has 0 radical (unpaired) electrons. The number of aryl methyl sites for hydroxylation is 1. The molecule has 0 saturated heterocycles. The van der Waals surface area contributed by atoms with Gasteiger partial charge in [-0.25, -0.2) is 9.78 Å². The van der Waals surface area contributed by atoms with Gasteiger partial charge in [0.15, 0.2) is 0 Å². The number of para-hydroxylation sites is 1. The van der Waals surface area contributed by atoms with Crippen molar-refractivity contribution in [3.63, 3.8) is 0 Å². The maximum absolute atomic E-state index is 11.4. The van der Waals surface area contributed by atoms with Crippen molar-refractivity contribution in [2.75, 3.05) is 6.61 Å². The first-order chi connectivity index (χ1) is 10.1. The average Bonchev–Trinajstić information content (AvgIpc) is 2.77. The Morgan fingerprint density at radius 2 is 2.19 bits per heavy atom. The maximum atomic E-state index is 11.4. The molecule has 0 spiro atoms. The lowest BCUT2D eigenvalue weighted by atomic mass is 9.76. The molecule has 5 nitrogen and oxygen atoms in total. The van der Waals surface area contributed by atoms with E-state index >= 15 is 0 Å². The number of carboxylic acids is 1. The highest BCUT2D eigenvalue weighted by molar-refractivity contribution is 6.01. The first-order valence-electron chi connectivity index (χ1n) is 7.48. The normalized spacial score (nSPS) is 16.9. The predicted octanol–water partition coefficient (Wildman–Crippen LogP) is 2.56. The second-order valence-electron chi connectivity index (χ2n) is 5.83. The zero-order valence-corrected chi connectivity index (χ0v) is 12.2. The summed E-state index contributed by atoms with van der Waals surface area (Å²) in [6.07, 6.45) is 4.65. The minimum atomic E-state index is -0.958. The third-order valence-electron chi connectivity index (χ3n) is 4.51. The van der Waals surface area contributed by atoms with Crippen LogP contribution in [0.3, 0.4) is 0 Å². The fourth-order valence-electron chi connectivity index (χ4n) is 3.28. The molecule has 1 saturated carbocycles. The van der Waals surface area contributed by atoms with E-state index in [0.29, 0.717) is 5.52 Å². The summed E-state index contributed by atoms with van der Waals surface area (Å²) in [6, 6.07) is 5.25. The molecule has 1 aromatic heterocycles. The first-order valence-corrected chi connectivity index (χ1v) is 7.48. The number of hydrogen-bond acceptors (Lipinski definition) is 3. The Kier molecular flexibility index (Phi) is 3.45. The summed E-state index contributed by atoms with van der Waals surface area (Å²) in [7, 11) is 0. The molecule has 5 heteroatoms. The summed E-state index contributed by atoms with van der Waals surface area (Å²) in [5, 5.41) is 19.2. The Morgan fingerprint density at radius 3 is 2.71 bits per heavy atom. The van der Waals surface area contributed by atoms with Crippen LogP contribution in [0.2, 0.25) is 0 Å². The SMILES string of the molecule is CCCc1nc2c(C(=O)O)cccc2n1C1(CO)CCC1. The molecule has 112 valence electrons. The monoisotopic (exact) mass is 288 g/mol. The number of hydrogen-bond donors (Lipinski definition) is 2. The number of aliphatic hydroxyl groups excluding tert-OH is 1. The van der Waals surface area contributed by atoms with Crippen LogP contribution in [0.4, 0.5) is 0 Å². The van der Waals surface area contributed by atoms with E-state index in [1.165, 1.54) is 0 Å². The lowest BCUT2D eigenvalue weighted by Crippen LogP contribution is -2.44. The third kappa shape index (κ3) is 2.03. The van der Waals surface area contributed by atoms with Crippen LogP contribution in [-0.4, -0.2) is 32.3 Å². The van der Waals surface area contributed by atoms with E-state index in [1.54, 1.807) is 12.1 Å². The fraction of sp³-hybridized carbons (Fsp3) is 0.500. The molecule has 3 rings (SSSR count). The second kappa shape index (κ2) is 5.15. The van der Waals surface area contributed by atoms with Crippen LogP contribution in [0.5, 0.6) is 0 Å². The van der Waals surface area contributed by atoms with E-state index in [9.17, 15) is 15.0 Å². The molecular weight excluding hydrogens is 268 g/mol. The molecule has 1 fully saturated rings. The van der Waals surface area contributed by atoms with Crippen molar-refractivity contribution in [1.29, 1.82) is 0 Å². The molecule has 1 aliphatic carbocycles. The van der Waals surface area contributed by atoms with Gasteiger partial charge in [-0.05, 0) is 37.8 Å². The number of carbonyl (C=O) groups is 1. The highest BCUT2D eigenvalue weighted by Crippen LogP contribution is 2.42. The Morgan fingerprint density at radius 1 is 1.43 bits per heavy atom. The number of rotatable bonds is 5. The number of nitrogens with zero attached hydrogens (tertiary/aromatic N) is 2. The lowest BCUT2D eigenvalue weighted by Gasteiger charge is -2.43. The molecule has 1 aliphatic rings. The van der Waals surface area contributed by atoms with Gasteiger partial charge in [-0.2, -0.15) is 0 Å². The number of benzene rings is 1. The van der Waals surface area contributed by atoms with Crippen molar-refractivity contribution in [3.05, 3.63) is 29.6 Å². The number of aromatic carboxylic acids is 1. The van der Waals surface area contributed by atoms with Crippen LogP contribution in [-0.2, 0) is 12.0 Å². The van der Waals surface area contributed by atoms with Gasteiger partial charge in [0.1, 0.15) is 11.3 Å². The van der Waals surface area contributed by atoms with Crippen LogP contribution in [0.25, 0.3) is 11.0 Å². The molecule has 0 bridgehead atoms. The van der Waals surface area contributed by atoms with Gasteiger partial charge in [0.25, 0.3) is 0 Å². The first kappa shape index (κ1) is 14.1. The molecule has 0 atom stereocenters. The standard InChI is InChI=1S/C16H20N2O3/c1-2-5-13-17-14-11(15(20)21)6-3-7-12(14)18(13)16(10-19)8-4-9-16/h3,6-7,19H,2,4-5,8-10H2,1H3,(H,20,21). The van der Waals surface area contributed by atoms with Crippen molar-refractivity contribution in [1.82, 2.24) is 9.55 Å². The molecule has 2 N–H and O–H groups in total. The summed E-state index contributed by atoms with van der Waals surface area (Å²) in [5.74, 6) is -0.0742. The minimum Gasteiger partial charge on any atom is -0.478 e. The van der Waals surface area contributed by atoms with E-state index in [4.69, 9.17) is 0 Å². The Balaban J connectivity index is 2.28. The highest BCUT2D eigenvalue weighted by Gasteiger charge is 2.40. The summed E-state index contributed by atoms with van der Waals surface area (Å²) >= 11 is 0. The van der Waals surface area contributed by atoms with Gasteiger partial charge in [0.2, 0.25) is 0 Å². The topological polar surface area (TPSA) is 75.3 Å². The van der Waals surface area contributed by atoms with Crippen LogP contribution >= 0.6 is 0 Å². The van der Waals surface area contributed by atoms with E-state index in [-0.39, 0.29) is 17.7 Å². The molecule has 1 aromatic carbocycles. The minimum absolute atomic E-state index is 0.0759. The molecule has 21 heavy (non-hydrogen) atoms. The molecule has 0 aliphatic heterocycles. The summed E-state index contributed by atoms with van der Waals surface area (Å²) in [5.41, 5.74) is 1.30. The van der Waals surface area contributed by atoms with Gasteiger partial charge in [0.05, 0.1) is 23.2 Å². The quantitative estimate of drug-likeness (QED) is 0.886. The zero-order valence-electron chi connectivity index (χ0n) is 12.2. The van der Waals surface area contributed by atoms with Crippen molar-refractivity contribution in [2.45, 2.75) is 44.6 Å². The van der Waals surface area contributed by atoms with E-state index in [2.05, 4.69) is 16.5 Å². The van der Waals surface area contributed by atoms with E-state index in [1.807, 2.05) is 6.07 Å². The van der Waals surface area contributed by atoms with Crippen molar-refractivity contribution in [2.24, 2.45) is 0 Å². The number of imidazole rings is 1. The molecular formula is C16H20N2O3. The molecule has 0 amide bonds. The van der Waals surface area contributed by atoms with E-state index < -0.39 is 5.97 Å². The van der Waals surface area contributed by atoms with E-state index in [0.717, 1.165) is 43.4 Å². The number of carboxylic acid groups (broad SMARTS) is 1. The number of aliphatic hydroxyl groups is 1. The highest BCUT2D eigenvalue weighted by atomic mass is 16.4. The number of fused-ring (bicyclic) bond motifs is 1. The smallest absolute Gasteiger partial charge is 0.337 e. The van der Waals surface area contributed by atoms with Crippen molar-refractivity contribution in [3.8, 4) is 0 Å². The van der Waals surface area contributed by atoms with Gasteiger partial charge < -0.3 is 14.8 Å². The van der Waals surface area contributed by atoms with Gasteiger partial charge in [-0.3, -0.25) is 0 Å². The van der Waals surface area contributed by atoms with Crippen molar-refractivity contribution < 1.29 is 15.0 Å². The van der Waals surface area contributed by atoms with Crippen LogP contribution in [0.15, 0.2) is 18.2 Å². The van der Waals surface area contributed by atoms with Crippen LogP contribution in [0, 0.1) is 0 Å². The van der Waals surface area contributed by atoms with Gasteiger partial charge in [0, 0.05) is 6.42 Å². The maximum Gasteiger partial charge on any atom is 0.337 e. The summed E-state index contributed by atoms with van der Waals surface area (Å²) in [4.78, 5) is 16.0. The lowest BCUT2D eigenvalue weighted by molar-refractivity contribution is 0.0563. The van der Waals surface area contributed by atoms with Crippen molar-refractivity contribution >= 4 is 17.0 Å². The van der Waals surface area contributed by atoms with Gasteiger partial charge in [-0.15, -0.1) is 0 Å². The third-order valence-corrected chi connectivity index (χ3v) is 4.51. The number of aromatic nitrogens is 2. The Hall–Kier alpha value is -1.88. The zero-order chi connectivity index (χ0) is 15.0. The molecule has 1 heterocycles. The Bertz CT molecular complexity index is 681. The molecule has 0 unspecified atom stereocenters. The van der Waals surface area contributed by atoms with Crippen LogP contribution < -0.4 is 0 Å². The largest absolute Gasteiger partial charge is 0.478 e. The Labute approximate surface area is 123 Å². The molecule has 2 aromatic rings.